The molecule has 0 aromatic rings. The molecule has 7 heteroatoms. The number of hydrogen-bond acceptors (Lipinski definition) is 4. The monoisotopic (exact) mass is 390 g/mol. The largest absolute Gasteiger partial charge is 0.481 e. The molecule has 5 nitrogen and oxygen atoms in total. The molecule has 25 heavy (non-hydrogen) atoms. The normalized spacial score (nSPS) is 18.6. The van der Waals surface area contributed by atoms with Gasteiger partial charge in [0.1, 0.15) is 0 Å². The van der Waals surface area contributed by atoms with E-state index in [1.807, 2.05) is 18.7 Å². The summed E-state index contributed by atoms with van der Waals surface area (Å²) in [7, 11) is 0. The molecule has 1 aliphatic carbocycles. The van der Waals surface area contributed by atoms with Crippen LogP contribution in [0.3, 0.4) is 0 Å². The third-order valence-corrected chi connectivity index (χ3v) is 5.62. The van der Waals surface area contributed by atoms with Gasteiger partial charge in [-0.15, -0.1) is 12.6 Å². The second kappa shape index (κ2) is 13.3. The first kappa shape index (κ1) is 24.1. The van der Waals surface area contributed by atoms with Gasteiger partial charge in [-0.3, -0.25) is 14.4 Å². The summed E-state index contributed by atoms with van der Waals surface area (Å²) in [5, 5.41) is 16.8. The lowest BCUT2D eigenvalue weighted by atomic mass is 9.81. The van der Waals surface area contributed by atoms with Crippen LogP contribution in [0.2, 0.25) is 0 Å². The topological polar surface area (TPSA) is 91.7 Å². The maximum absolute atomic E-state index is 10.4. The van der Waals surface area contributed by atoms with Crippen molar-refractivity contribution in [3.05, 3.63) is 12.2 Å². The fourth-order valence-corrected chi connectivity index (χ4v) is 3.55. The van der Waals surface area contributed by atoms with Crippen LogP contribution in [0.4, 0.5) is 0 Å². The molecule has 1 saturated carbocycles. The van der Waals surface area contributed by atoms with Crippen molar-refractivity contribution < 1.29 is 24.6 Å². The van der Waals surface area contributed by atoms with E-state index in [0.29, 0.717) is 12.8 Å². The maximum Gasteiger partial charge on any atom is 0.307 e. The first-order valence-corrected chi connectivity index (χ1v) is 10.2. The molecule has 1 saturated heterocycles. The fourth-order valence-electron chi connectivity index (χ4n) is 2.31. The van der Waals surface area contributed by atoms with Crippen LogP contribution in [0.5, 0.6) is 0 Å². The molecule has 1 atom stereocenters. The average molecular weight is 391 g/mol. The standard InChI is InChI=1S/C6H10O2S.C6H8O2.C6H12OS/c7-6(8)5-1-3-9-4-2-5;1-4-2-5(3-4)6(7)8;1-3-4-5(2)6(7)8/h5H,1-4H2,(H,7,8);5H,1-3H2,(H,7,8);5H,3-4H2,1-2H3,(H,7,8). The van der Waals surface area contributed by atoms with Gasteiger partial charge < -0.3 is 10.2 Å². The van der Waals surface area contributed by atoms with Crippen molar-refractivity contribution >= 4 is 41.4 Å². The van der Waals surface area contributed by atoms with E-state index < -0.39 is 11.9 Å². The summed E-state index contributed by atoms with van der Waals surface area (Å²) in [5.41, 5.74) is 1.07. The van der Waals surface area contributed by atoms with Crippen molar-refractivity contribution in [2.75, 3.05) is 11.5 Å². The van der Waals surface area contributed by atoms with Gasteiger partial charge in [-0.05, 0) is 43.6 Å². The average Bonchev–Trinajstić information content (AvgIpc) is 2.54. The third kappa shape index (κ3) is 11.3. The Hall–Kier alpha value is -0.950. The Morgan fingerprint density at radius 2 is 1.64 bits per heavy atom. The Bertz CT molecular complexity index is 450. The summed E-state index contributed by atoms with van der Waals surface area (Å²) in [5.74, 6) is 0.721. The lowest BCUT2D eigenvalue weighted by Gasteiger charge is -2.23. The zero-order chi connectivity index (χ0) is 19.4. The van der Waals surface area contributed by atoms with Crippen molar-refractivity contribution in [2.45, 2.75) is 52.4 Å². The molecule has 0 radical (unpaired) electrons. The minimum atomic E-state index is -0.683. The molecule has 1 unspecified atom stereocenters. The van der Waals surface area contributed by atoms with E-state index in [4.69, 9.17) is 10.2 Å². The molecular weight excluding hydrogens is 360 g/mol. The van der Waals surface area contributed by atoms with Crippen LogP contribution >= 0.6 is 24.4 Å². The van der Waals surface area contributed by atoms with E-state index in [1.54, 1.807) is 0 Å². The van der Waals surface area contributed by atoms with Crippen LogP contribution in [-0.2, 0) is 14.4 Å². The lowest BCUT2D eigenvalue weighted by Crippen LogP contribution is -2.22. The summed E-state index contributed by atoms with van der Waals surface area (Å²) >= 11 is 5.54. The van der Waals surface area contributed by atoms with E-state index in [9.17, 15) is 14.4 Å². The number of carbonyl (C=O) groups is 3. The predicted octanol–water partition coefficient (Wildman–Crippen LogP) is 4.13. The molecule has 0 spiro atoms. The Kier molecular flexibility index (Phi) is 12.8. The summed E-state index contributed by atoms with van der Waals surface area (Å²) in [6.07, 6.45) is 5.13. The lowest BCUT2D eigenvalue weighted by molar-refractivity contribution is -0.143. The Labute approximate surface area is 160 Å². The molecule has 0 bridgehead atoms. The Morgan fingerprint density at radius 1 is 1.16 bits per heavy atom. The summed E-state index contributed by atoms with van der Waals surface area (Å²) < 4.78 is 0. The highest BCUT2D eigenvalue weighted by atomic mass is 32.2. The van der Waals surface area contributed by atoms with E-state index in [2.05, 4.69) is 26.1 Å². The molecule has 0 amide bonds. The van der Waals surface area contributed by atoms with Gasteiger partial charge in [0, 0.05) is 5.92 Å². The fraction of sp³-hybridized carbons (Fsp3) is 0.722. The van der Waals surface area contributed by atoms with Crippen molar-refractivity contribution in [1.82, 2.24) is 0 Å². The third-order valence-electron chi connectivity index (χ3n) is 4.13. The highest BCUT2D eigenvalue weighted by Crippen LogP contribution is 2.30. The molecule has 2 aliphatic rings. The highest BCUT2D eigenvalue weighted by Gasteiger charge is 2.27. The van der Waals surface area contributed by atoms with Crippen molar-refractivity contribution in [2.24, 2.45) is 17.8 Å². The molecule has 1 aliphatic heterocycles. The minimum Gasteiger partial charge on any atom is -0.481 e. The molecule has 2 N–H and O–H groups in total. The number of thioether (sulfide) groups is 1. The van der Waals surface area contributed by atoms with E-state index in [0.717, 1.165) is 42.8 Å². The molecule has 0 aromatic carbocycles. The van der Waals surface area contributed by atoms with Gasteiger partial charge >= 0.3 is 11.9 Å². The predicted molar refractivity (Wildman–Crippen MR) is 105 cm³/mol. The van der Waals surface area contributed by atoms with Gasteiger partial charge in [0.15, 0.2) is 5.12 Å². The second-order valence-corrected chi connectivity index (χ2v) is 8.11. The molecule has 0 aromatic heterocycles. The molecule has 2 rings (SSSR count). The van der Waals surface area contributed by atoms with Crippen LogP contribution in [0.1, 0.15) is 52.4 Å². The smallest absolute Gasteiger partial charge is 0.307 e. The van der Waals surface area contributed by atoms with Gasteiger partial charge in [-0.2, -0.15) is 11.8 Å². The number of allylic oxidation sites excluding steroid dienone is 1. The summed E-state index contributed by atoms with van der Waals surface area (Å²) in [6.45, 7) is 7.59. The molecule has 2 fully saturated rings. The van der Waals surface area contributed by atoms with Gasteiger partial charge in [-0.25, -0.2) is 0 Å². The zero-order valence-corrected chi connectivity index (χ0v) is 16.8. The highest BCUT2D eigenvalue weighted by molar-refractivity contribution is 7.99. The first-order chi connectivity index (χ1) is 11.7. The first-order valence-electron chi connectivity index (χ1n) is 8.61. The molecule has 144 valence electrons. The minimum absolute atomic E-state index is 0.00634. The zero-order valence-electron chi connectivity index (χ0n) is 15.1. The van der Waals surface area contributed by atoms with Crippen LogP contribution in [0, 0.1) is 17.8 Å². The molecule has 1 heterocycles. The van der Waals surface area contributed by atoms with E-state index in [1.165, 1.54) is 0 Å². The Morgan fingerprint density at radius 3 is 1.84 bits per heavy atom. The maximum atomic E-state index is 10.4. The number of carbonyl (C=O) groups excluding carboxylic acids is 1. The van der Waals surface area contributed by atoms with Crippen LogP contribution in [-0.4, -0.2) is 38.8 Å². The Balaban J connectivity index is 0.000000347. The number of rotatable bonds is 5. The van der Waals surface area contributed by atoms with Crippen LogP contribution < -0.4 is 0 Å². The van der Waals surface area contributed by atoms with Gasteiger partial charge in [-0.1, -0.05) is 32.4 Å². The van der Waals surface area contributed by atoms with Gasteiger partial charge in [0.2, 0.25) is 0 Å². The number of thiol groups is 1. The number of aliphatic carboxylic acids is 2. The summed E-state index contributed by atoms with van der Waals surface area (Å²) in [6, 6.07) is 0. The molecular formula is C18H30O5S2. The van der Waals surface area contributed by atoms with Crippen LogP contribution in [0.15, 0.2) is 12.2 Å². The van der Waals surface area contributed by atoms with E-state index >= 15 is 0 Å². The van der Waals surface area contributed by atoms with Crippen LogP contribution in [0.25, 0.3) is 0 Å². The van der Waals surface area contributed by atoms with Crippen molar-refractivity contribution in [3.63, 3.8) is 0 Å². The number of carboxylic acid groups (broad SMARTS) is 2. The number of carboxylic acids is 2. The summed E-state index contributed by atoms with van der Waals surface area (Å²) in [4.78, 5) is 30.8. The SMILES string of the molecule is C=C1CC(C(=O)O)C1.CCCC(C)C(=O)S.O=C(O)C1CCSCC1. The van der Waals surface area contributed by atoms with Crippen molar-refractivity contribution in [3.8, 4) is 0 Å². The van der Waals surface area contributed by atoms with Gasteiger partial charge in [0.25, 0.3) is 0 Å². The van der Waals surface area contributed by atoms with Gasteiger partial charge in [0.05, 0.1) is 11.8 Å². The van der Waals surface area contributed by atoms with Crippen molar-refractivity contribution in [1.29, 1.82) is 0 Å². The number of hydrogen-bond donors (Lipinski definition) is 3. The second-order valence-electron chi connectivity index (χ2n) is 6.45. The quantitative estimate of drug-likeness (QED) is 0.483. The van der Waals surface area contributed by atoms with E-state index in [-0.39, 0.29) is 22.9 Å².